The van der Waals surface area contributed by atoms with E-state index in [2.05, 4.69) is 0 Å². The van der Waals surface area contributed by atoms with Crippen molar-refractivity contribution in [1.82, 2.24) is 9.80 Å². The van der Waals surface area contributed by atoms with Gasteiger partial charge >= 0.3 is 6.09 Å². The van der Waals surface area contributed by atoms with Crippen molar-refractivity contribution < 1.29 is 14.3 Å². The first-order chi connectivity index (χ1) is 11.5. The Morgan fingerprint density at radius 3 is 2.71 bits per heavy atom. The summed E-state index contributed by atoms with van der Waals surface area (Å²) in [5.74, 6) is -0.113. The first-order valence-corrected chi connectivity index (χ1v) is 8.47. The second kappa shape index (κ2) is 8.68. The van der Waals surface area contributed by atoms with Crippen LogP contribution in [0.5, 0.6) is 0 Å². The second-order valence-corrected chi connectivity index (χ2v) is 6.39. The molecule has 0 saturated carbocycles. The first kappa shape index (κ1) is 18.3. The van der Waals surface area contributed by atoms with Gasteiger partial charge in [-0.1, -0.05) is 30.3 Å². The van der Waals surface area contributed by atoms with Gasteiger partial charge in [-0.3, -0.25) is 4.79 Å². The van der Waals surface area contributed by atoms with Crippen molar-refractivity contribution in [2.24, 2.45) is 5.73 Å². The van der Waals surface area contributed by atoms with Crippen LogP contribution in [0, 0.1) is 0 Å². The Balaban J connectivity index is 1.92. The summed E-state index contributed by atoms with van der Waals surface area (Å²) in [4.78, 5) is 27.8. The van der Waals surface area contributed by atoms with Gasteiger partial charge in [-0.2, -0.15) is 0 Å². The van der Waals surface area contributed by atoms with Crippen molar-refractivity contribution in [2.75, 3.05) is 20.1 Å². The predicted octanol–water partition coefficient (Wildman–Crippen LogP) is 1.98. The number of nitrogens with two attached hydrogens (primary N) is 1. The average molecular weight is 333 g/mol. The Kier molecular flexibility index (Phi) is 6.61. The van der Waals surface area contributed by atoms with Crippen molar-refractivity contribution in [3.8, 4) is 0 Å². The smallest absolute Gasteiger partial charge is 0.410 e. The molecule has 6 heteroatoms. The maximum Gasteiger partial charge on any atom is 0.410 e. The van der Waals surface area contributed by atoms with Crippen molar-refractivity contribution in [1.29, 1.82) is 0 Å². The zero-order chi connectivity index (χ0) is 17.5. The quantitative estimate of drug-likeness (QED) is 0.894. The Bertz CT molecular complexity index is 548. The number of likely N-dealkylation sites (tertiary alicyclic amines) is 1. The molecule has 1 unspecified atom stereocenters. The molecule has 0 spiro atoms. The van der Waals surface area contributed by atoms with E-state index in [9.17, 15) is 9.59 Å². The summed E-state index contributed by atoms with van der Waals surface area (Å²) in [5.41, 5.74) is 6.61. The van der Waals surface area contributed by atoms with E-state index < -0.39 is 6.04 Å². The molecule has 1 aromatic carbocycles. The van der Waals surface area contributed by atoms with Crippen LogP contribution in [0.15, 0.2) is 30.3 Å². The SMILES string of the molecule is C[C@H](N)C(=O)N(C)CC1CCCCN1C(=O)OCc1ccccc1. The van der Waals surface area contributed by atoms with Crippen LogP contribution in [0.1, 0.15) is 31.7 Å². The average Bonchev–Trinajstić information content (AvgIpc) is 2.60. The van der Waals surface area contributed by atoms with Crippen molar-refractivity contribution in [3.05, 3.63) is 35.9 Å². The van der Waals surface area contributed by atoms with E-state index in [1.54, 1.807) is 23.8 Å². The maximum atomic E-state index is 12.4. The summed E-state index contributed by atoms with van der Waals surface area (Å²) in [6, 6.07) is 9.07. The van der Waals surface area contributed by atoms with Crippen molar-refractivity contribution in [3.63, 3.8) is 0 Å². The van der Waals surface area contributed by atoms with Gasteiger partial charge in [0.25, 0.3) is 0 Å². The highest BCUT2D eigenvalue weighted by atomic mass is 16.6. The third-order valence-corrected chi connectivity index (χ3v) is 4.32. The monoisotopic (exact) mass is 333 g/mol. The first-order valence-electron chi connectivity index (χ1n) is 8.47. The van der Waals surface area contributed by atoms with Crippen LogP contribution >= 0.6 is 0 Å². The van der Waals surface area contributed by atoms with E-state index in [0.717, 1.165) is 24.8 Å². The summed E-state index contributed by atoms with van der Waals surface area (Å²) in [7, 11) is 1.73. The zero-order valence-corrected chi connectivity index (χ0v) is 14.5. The molecule has 1 fully saturated rings. The highest BCUT2D eigenvalue weighted by Crippen LogP contribution is 2.19. The van der Waals surface area contributed by atoms with Gasteiger partial charge in [0.1, 0.15) is 6.61 Å². The van der Waals surface area contributed by atoms with Gasteiger partial charge in [-0.25, -0.2) is 4.79 Å². The summed E-state index contributed by atoms with van der Waals surface area (Å²) in [6.45, 7) is 3.09. The second-order valence-electron chi connectivity index (χ2n) is 6.39. The fourth-order valence-corrected chi connectivity index (χ4v) is 2.99. The molecule has 132 valence electrons. The lowest BCUT2D eigenvalue weighted by Gasteiger charge is -2.37. The summed E-state index contributed by atoms with van der Waals surface area (Å²) in [5, 5.41) is 0. The minimum absolute atomic E-state index is 0.0188. The third kappa shape index (κ3) is 4.96. The number of piperidine rings is 1. The van der Waals surface area contributed by atoms with Crippen LogP contribution in [0.4, 0.5) is 4.79 Å². The highest BCUT2D eigenvalue weighted by molar-refractivity contribution is 5.81. The number of nitrogens with zero attached hydrogens (tertiary/aromatic N) is 2. The number of rotatable bonds is 5. The molecule has 1 saturated heterocycles. The molecule has 6 nitrogen and oxygen atoms in total. The van der Waals surface area contributed by atoms with Gasteiger partial charge in [0.05, 0.1) is 12.1 Å². The van der Waals surface area contributed by atoms with Gasteiger partial charge < -0.3 is 20.3 Å². The molecule has 1 aliphatic heterocycles. The lowest BCUT2D eigenvalue weighted by atomic mass is 10.0. The molecule has 2 rings (SSSR count). The minimum atomic E-state index is -0.530. The molecule has 2 N–H and O–H groups in total. The molecule has 24 heavy (non-hydrogen) atoms. The summed E-state index contributed by atoms with van der Waals surface area (Å²) >= 11 is 0. The van der Waals surface area contributed by atoms with E-state index in [1.165, 1.54) is 0 Å². The molecule has 1 aromatic rings. The van der Waals surface area contributed by atoms with Crippen LogP contribution in [0.2, 0.25) is 0 Å². The van der Waals surface area contributed by atoms with E-state index >= 15 is 0 Å². The van der Waals surface area contributed by atoms with Gasteiger partial charge in [0, 0.05) is 20.1 Å². The van der Waals surface area contributed by atoms with Gasteiger partial charge in [-0.05, 0) is 31.7 Å². The minimum Gasteiger partial charge on any atom is -0.445 e. The summed E-state index contributed by atoms with van der Waals surface area (Å²) < 4.78 is 5.45. The molecule has 2 amide bonds. The number of carbonyl (C=O) groups excluding carboxylic acids is 2. The number of likely N-dealkylation sites (N-methyl/N-ethyl adjacent to an activating group) is 1. The van der Waals surface area contributed by atoms with E-state index in [0.29, 0.717) is 13.1 Å². The molecular formula is C18H27N3O3. The molecule has 0 radical (unpaired) electrons. The maximum absolute atomic E-state index is 12.4. The van der Waals surface area contributed by atoms with Gasteiger partial charge in [0.2, 0.25) is 5.91 Å². The van der Waals surface area contributed by atoms with Crippen LogP contribution in [0.25, 0.3) is 0 Å². The number of hydrogen-bond donors (Lipinski definition) is 1. The fourth-order valence-electron chi connectivity index (χ4n) is 2.99. The van der Waals surface area contributed by atoms with Crippen LogP contribution in [0.3, 0.4) is 0 Å². The molecule has 0 aliphatic carbocycles. The molecule has 0 aromatic heterocycles. The number of carbonyl (C=O) groups is 2. The molecule has 1 heterocycles. The number of ether oxygens (including phenoxy) is 1. The Labute approximate surface area is 143 Å². The highest BCUT2D eigenvalue weighted by Gasteiger charge is 2.30. The van der Waals surface area contributed by atoms with E-state index in [4.69, 9.17) is 10.5 Å². The van der Waals surface area contributed by atoms with Crippen LogP contribution < -0.4 is 5.73 Å². The van der Waals surface area contributed by atoms with Crippen molar-refractivity contribution in [2.45, 2.75) is 44.9 Å². The van der Waals surface area contributed by atoms with E-state index in [1.807, 2.05) is 30.3 Å². The molecule has 0 bridgehead atoms. The normalized spacial score (nSPS) is 18.8. The molecular weight excluding hydrogens is 306 g/mol. The van der Waals surface area contributed by atoms with Crippen LogP contribution in [-0.2, 0) is 16.1 Å². The Morgan fingerprint density at radius 2 is 2.04 bits per heavy atom. The van der Waals surface area contributed by atoms with Crippen LogP contribution in [-0.4, -0.2) is 54.0 Å². The van der Waals surface area contributed by atoms with E-state index in [-0.39, 0.29) is 24.6 Å². The molecule has 1 aliphatic rings. The lowest BCUT2D eigenvalue weighted by Crippen LogP contribution is -2.51. The number of amides is 2. The largest absolute Gasteiger partial charge is 0.445 e. The Morgan fingerprint density at radius 1 is 1.33 bits per heavy atom. The number of benzene rings is 1. The van der Waals surface area contributed by atoms with Crippen molar-refractivity contribution >= 4 is 12.0 Å². The summed E-state index contributed by atoms with van der Waals surface area (Å²) in [6.07, 6.45) is 2.57. The van der Waals surface area contributed by atoms with Gasteiger partial charge in [-0.15, -0.1) is 0 Å². The fraction of sp³-hybridized carbons (Fsp3) is 0.556. The standard InChI is InChI=1S/C18H27N3O3/c1-14(19)17(22)20(2)12-16-10-6-7-11-21(16)18(23)24-13-15-8-4-3-5-9-15/h3-5,8-9,14,16H,6-7,10-13,19H2,1-2H3/t14-,16?/m0/s1. The topological polar surface area (TPSA) is 75.9 Å². The zero-order valence-electron chi connectivity index (χ0n) is 14.5. The Hall–Kier alpha value is -2.08. The number of hydrogen-bond acceptors (Lipinski definition) is 4. The molecule has 2 atom stereocenters. The lowest BCUT2D eigenvalue weighted by molar-refractivity contribution is -0.131. The predicted molar refractivity (Wildman–Crippen MR) is 92.3 cm³/mol. The van der Waals surface area contributed by atoms with Gasteiger partial charge in [0.15, 0.2) is 0 Å². The third-order valence-electron chi connectivity index (χ3n) is 4.32.